The Kier molecular flexibility index (Phi) is 4.39. The molecule has 0 bridgehead atoms. The number of carbonyl (C=O) groups is 2. The van der Waals surface area contributed by atoms with Gasteiger partial charge in [-0.2, -0.15) is 0 Å². The number of rotatable bonds is 4. The van der Waals surface area contributed by atoms with Gasteiger partial charge in [0.1, 0.15) is 12.3 Å². The second kappa shape index (κ2) is 6.31. The van der Waals surface area contributed by atoms with Crippen molar-refractivity contribution in [2.24, 2.45) is 5.41 Å². The average molecular weight is 321 g/mol. The predicted molar refractivity (Wildman–Crippen MR) is 82.0 cm³/mol. The van der Waals surface area contributed by atoms with E-state index in [2.05, 4.69) is 17.0 Å². The first kappa shape index (κ1) is 16.0. The standard InChI is InChI=1S/C16H23N3O4/c1-2-6-19-11-16(10-13(19)15(21)22)4-7-18(8-5-16)14(20)12-3-9-23-17-12/h3,9,13H,2,4-8,10-11H2,1H3,(H,21,22). The van der Waals surface area contributed by atoms with Gasteiger partial charge in [0.25, 0.3) is 5.91 Å². The lowest BCUT2D eigenvalue weighted by Gasteiger charge is -2.39. The fraction of sp³-hybridized carbons (Fsp3) is 0.688. The topological polar surface area (TPSA) is 86.9 Å². The van der Waals surface area contributed by atoms with Crippen LogP contribution in [0.1, 0.15) is 43.1 Å². The van der Waals surface area contributed by atoms with Crippen LogP contribution in [0.25, 0.3) is 0 Å². The van der Waals surface area contributed by atoms with Crippen molar-refractivity contribution in [2.45, 2.75) is 38.6 Å². The number of nitrogens with zero attached hydrogens (tertiary/aromatic N) is 3. The summed E-state index contributed by atoms with van der Waals surface area (Å²) in [5.74, 6) is -0.830. The Hall–Kier alpha value is -1.89. The molecule has 0 radical (unpaired) electrons. The first-order valence-corrected chi connectivity index (χ1v) is 8.21. The molecule has 3 heterocycles. The average Bonchev–Trinajstić information content (AvgIpc) is 3.17. The van der Waals surface area contributed by atoms with Gasteiger partial charge in [0.15, 0.2) is 5.69 Å². The van der Waals surface area contributed by atoms with Crippen molar-refractivity contribution in [3.05, 3.63) is 18.0 Å². The maximum Gasteiger partial charge on any atom is 0.320 e. The summed E-state index contributed by atoms with van der Waals surface area (Å²) in [5.41, 5.74) is 0.363. The second-order valence-corrected chi connectivity index (χ2v) is 6.71. The van der Waals surface area contributed by atoms with Crippen LogP contribution >= 0.6 is 0 Å². The van der Waals surface area contributed by atoms with Crippen LogP contribution < -0.4 is 0 Å². The minimum atomic E-state index is -0.726. The van der Waals surface area contributed by atoms with E-state index in [1.165, 1.54) is 6.26 Å². The van der Waals surface area contributed by atoms with Gasteiger partial charge in [-0.1, -0.05) is 12.1 Å². The quantitative estimate of drug-likeness (QED) is 0.903. The Morgan fingerprint density at radius 2 is 2.17 bits per heavy atom. The molecule has 0 saturated carbocycles. The molecule has 126 valence electrons. The molecule has 2 aliphatic rings. The number of hydrogen-bond donors (Lipinski definition) is 1. The largest absolute Gasteiger partial charge is 0.480 e. The van der Waals surface area contributed by atoms with Gasteiger partial charge in [-0.05, 0) is 37.6 Å². The van der Waals surface area contributed by atoms with E-state index in [0.717, 1.165) is 32.4 Å². The summed E-state index contributed by atoms with van der Waals surface area (Å²) < 4.78 is 4.73. The van der Waals surface area contributed by atoms with Crippen molar-refractivity contribution in [3.8, 4) is 0 Å². The number of likely N-dealkylation sites (tertiary alicyclic amines) is 2. The summed E-state index contributed by atoms with van der Waals surface area (Å²) >= 11 is 0. The SMILES string of the molecule is CCCN1CC2(CCN(C(=O)c3ccon3)CC2)CC1C(=O)O. The van der Waals surface area contributed by atoms with Crippen molar-refractivity contribution >= 4 is 11.9 Å². The zero-order valence-corrected chi connectivity index (χ0v) is 13.4. The van der Waals surface area contributed by atoms with Crippen LogP contribution in [0.5, 0.6) is 0 Å². The molecule has 2 fully saturated rings. The third-order valence-corrected chi connectivity index (χ3v) is 5.17. The molecule has 23 heavy (non-hydrogen) atoms. The predicted octanol–water partition coefficient (Wildman–Crippen LogP) is 1.47. The third-order valence-electron chi connectivity index (χ3n) is 5.17. The summed E-state index contributed by atoms with van der Waals surface area (Å²) in [6, 6.07) is 1.19. The van der Waals surface area contributed by atoms with Gasteiger partial charge in [-0.25, -0.2) is 0 Å². The van der Waals surface area contributed by atoms with E-state index < -0.39 is 5.97 Å². The van der Waals surface area contributed by atoms with E-state index in [-0.39, 0.29) is 17.4 Å². The number of aliphatic carboxylic acids is 1. The van der Waals surface area contributed by atoms with Crippen LogP contribution in [0.4, 0.5) is 0 Å². The molecule has 1 N–H and O–H groups in total. The van der Waals surface area contributed by atoms with Crippen LogP contribution in [0.2, 0.25) is 0 Å². The number of piperidine rings is 1. The van der Waals surface area contributed by atoms with Crippen LogP contribution in [0.15, 0.2) is 16.9 Å². The molecule has 7 heteroatoms. The number of carbonyl (C=O) groups excluding carboxylic acids is 1. The zero-order valence-electron chi connectivity index (χ0n) is 13.4. The molecular formula is C16H23N3O4. The van der Waals surface area contributed by atoms with Crippen molar-refractivity contribution in [3.63, 3.8) is 0 Å². The van der Waals surface area contributed by atoms with Gasteiger partial charge < -0.3 is 14.5 Å². The molecule has 1 atom stereocenters. The van der Waals surface area contributed by atoms with Gasteiger partial charge in [-0.3, -0.25) is 14.5 Å². The fourth-order valence-corrected chi connectivity index (χ4v) is 3.94. The van der Waals surface area contributed by atoms with E-state index in [1.54, 1.807) is 11.0 Å². The van der Waals surface area contributed by atoms with Gasteiger partial charge in [0.2, 0.25) is 0 Å². The number of hydrogen-bond acceptors (Lipinski definition) is 5. The van der Waals surface area contributed by atoms with Crippen LogP contribution in [-0.4, -0.2) is 64.2 Å². The van der Waals surface area contributed by atoms with Crippen molar-refractivity contribution in [2.75, 3.05) is 26.2 Å². The zero-order chi connectivity index (χ0) is 16.4. The third kappa shape index (κ3) is 3.10. The molecule has 1 amide bonds. The maximum absolute atomic E-state index is 12.3. The fourth-order valence-electron chi connectivity index (χ4n) is 3.94. The molecule has 1 spiro atoms. The normalized spacial score (nSPS) is 24.2. The Labute approximate surface area is 135 Å². The first-order valence-electron chi connectivity index (χ1n) is 8.21. The highest BCUT2D eigenvalue weighted by Crippen LogP contribution is 2.43. The minimum Gasteiger partial charge on any atom is -0.480 e. The monoisotopic (exact) mass is 321 g/mol. The lowest BCUT2D eigenvalue weighted by molar-refractivity contribution is -0.142. The molecule has 2 saturated heterocycles. The van der Waals surface area contributed by atoms with Crippen LogP contribution in [-0.2, 0) is 4.79 Å². The maximum atomic E-state index is 12.3. The molecule has 2 aliphatic heterocycles. The second-order valence-electron chi connectivity index (χ2n) is 6.71. The van der Waals surface area contributed by atoms with Gasteiger partial charge in [-0.15, -0.1) is 0 Å². The molecule has 0 aromatic carbocycles. The van der Waals surface area contributed by atoms with Crippen LogP contribution in [0.3, 0.4) is 0 Å². The minimum absolute atomic E-state index is 0.0266. The van der Waals surface area contributed by atoms with E-state index in [0.29, 0.717) is 25.2 Å². The number of carboxylic acids is 1. The Morgan fingerprint density at radius 3 is 2.74 bits per heavy atom. The van der Waals surface area contributed by atoms with E-state index in [4.69, 9.17) is 4.52 Å². The summed E-state index contributed by atoms with van der Waals surface area (Å²) in [7, 11) is 0. The highest BCUT2D eigenvalue weighted by atomic mass is 16.5. The van der Waals surface area contributed by atoms with E-state index >= 15 is 0 Å². The molecule has 0 aliphatic carbocycles. The summed E-state index contributed by atoms with van der Waals surface area (Å²) in [5, 5.41) is 13.2. The Balaban J connectivity index is 1.64. The molecule has 7 nitrogen and oxygen atoms in total. The van der Waals surface area contributed by atoms with Gasteiger partial charge in [0.05, 0.1) is 0 Å². The number of amides is 1. The molecule has 1 unspecified atom stereocenters. The molecular weight excluding hydrogens is 298 g/mol. The number of aromatic nitrogens is 1. The van der Waals surface area contributed by atoms with Crippen molar-refractivity contribution in [1.82, 2.24) is 15.0 Å². The first-order chi connectivity index (χ1) is 11.0. The van der Waals surface area contributed by atoms with Gasteiger partial charge >= 0.3 is 5.97 Å². The van der Waals surface area contributed by atoms with E-state index in [1.807, 2.05) is 0 Å². The van der Waals surface area contributed by atoms with E-state index in [9.17, 15) is 14.7 Å². The van der Waals surface area contributed by atoms with Crippen LogP contribution in [0, 0.1) is 5.41 Å². The number of carboxylic acid groups (broad SMARTS) is 1. The Morgan fingerprint density at radius 1 is 1.43 bits per heavy atom. The highest BCUT2D eigenvalue weighted by molar-refractivity contribution is 5.92. The highest BCUT2D eigenvalue weighted by Gasteiger charge is 2.48. The van der Waals surface area contributed by atoms with Crippen molar-refractivity contribution in [1.29, 1.82) is 0 Å². The lowest BCUT2D eigenvalue weighted by Crippen LogP contribution is -2.44. The van der Waals surface area contributed by atoms with Crippen molar-refractivity contribution < 1.29 is 19.2 Å². The summed E-state index contributed by atoms with van der Waals surface area (Å²) in [6.07, 6.45) is 4.74. The molecule has 3 rings (SSSR count). The Bertz CT molecular complexity index is 564. The molecule has 1 aromatic heterocycles. The summed E-state index contributed by atoms with van der Waals surface area (Å²) in [4.78, 5) is 27.7. The smallest absolute Gasteiger partial charge is 0.320 e. The molecule has 1 aromatic rings. The summed E-state index contributed by atoms with van der Waals surface area (Å²) in [6.45, 7) is 5.02. The van der Waals surface area contributed by atoms with Gasteiger partial charge in [0, 0.05) is 25.7 Å². The lowest BCUT2D eigenvalue weighted by atomic mass is 9.76.